The Balaban J connectivity index is 1.39. The van der Waals surface area contributed by atoms with E-state index in [1.165, 1.54) is 5.56 Å². The second-order valence-electron chi connectivity index (χ2n) is 5.79. The molecule has 0 radical (unpaired) electrons. The van der Waals surface area contributed by atoms with E-state index in [4.69, 9.17) is 4.74 Å². The molecule has 4 rings (SSSR count). The van der Waals surface area contributed by atoms with Gasteiger partial charge in [-0.15, -0.1) is 11.3 Å². The van der Waals surface area contributed by atoms with Crippen molar-refractivity contribution in [3.05, 3.63) is 53.3 Å². The maximum Gasteiger partial charge on any atom is 0.414 e. The summed E-state index contributed by atoms with van der Waals surface area (Å²) in [5.74, 6) is 0. The van der Waals surface area contributed by atoms with Crippen molar-refractivity contribution >= 4 is 28.1 Å². The molecule has 1 aliphatic rings. The lowest BCUT2D eigenvalue weighted by Gasteiger charge is -2.16. The lowest BCUT2D eigenvalue weighted by molar-refractivity contribution is 0.181. The van der Waals surface area contributed by atoms with Gasteiger partial charge in [0.05, 0.1) is 12.2 Å². The average Bonchev–Trinajstić information content (AvgIpc) is 3.28. The molecule has 0 spiro atoms. The molecule has 3 heterocycles. The Hall–Kier alpha value is -2.38. The van der Waals surface area contributed by atoms with E-state index in [0.29, 0.717) is 13.2 Å². The van der Waals surface area contributed by atoms with Crippen LogP contribution in [0.4, 0.5) is 10.5 Å². The molecule has 1 N–H and O–H groups in total. The van der Waals surface area contributed by atoms with E-state index in [9.17, 15) is 4.79 Å². The first-order valence-corrected chi connectivity index (χ1v) is 8.77. The number of cyclic esters (lactones) is 1. The number of nitrogens with zero attached hydrogens (tertiary/aromatic N) is 3. The zero-order chi connectivity index (χ0) is 16.5. The van der Waals surface area contributed by atoms with E-state index < -0.39 is 0 Å². The fraction of sp³-hybridized carbons (Fsp3) is 0.294. The average molecular weight is 342 g/mol. The van der Waals surface area contributed by atoms with Crippen molar-refractivity contribution in [2.45, 2.75) is 19.5 Å². The number of nitrogens with one attached hydrogen (secondary N) is 1. The first-order chi connectivity index (χ1) is 11.7. The third-order valence-corrected chi connectivity index (χ3v) is 4.97. The van der Waals surface area contributed by atoms with E-state index in [1.807, 2.05) is 46.4 Å². The zero-order valence-corrected chi connectivity index (χ0v) is 14.1. The molecule has 1 aliphatic heterocycles. The molecule has 1 amide bonds. The van der Waals surface area contributed by atoms with Gasteiger partial charge in [0, 0.05) is 36.0 Å². The van der Waals surface area contributed by atoms with Crippen molar-refractivity contribution in [3.63, 3.8) is 0 Å². The molecule has 0 aliphatic carbocycles. The minimum Gasteiger partial charge on any atom is -0.447 e. The summed E-state index contributed by atoms with van der Waals surface area (Å²) < 4.78 is 7.01. The number of carbonyl (C=O) groups is 1. The number of carbonyl (C=O) groups excluding carboxylic acids is 1. The van der Waals surface area contributed by atoms with Crippen LogP contribution in [0.15, 0.2) is 42.0 Å². The van der Waals surface area contributed by atoms with Crippen LogP contribution in [0.2, 0.25) is 0 Å². The van der Waals surface area contributed by atoms with Crippen LogP contribution in [0.5, 0.6) is 0 Å². The third-order valence-electron chi connectivity index (χ3n) is 4.20. The summed E-state index contributed by atoms with van der Waals surface area (Å²) in [6, 6.07) is 8.22. The number of thiazole rings is 1. The van der Waals surface area contributed by atoms with Gasteiger partial charge in [-0.1, -0.05) is 12.1 Å². The van der Waals surface area contributed by atoms with E-state index in [-0.39, 0.29) is 12.1 Å². The lowest BCUT2D eigenvalue weighted by Crippen LogP contribution is -2.23. The van der Waals surface area contributed by atoms with E-state index in [2.05, 4.69) is 17.2 Å². The van der Waals surface area contributed by atoms with Crippen LogP contribution in [-0.2, 0) is 11.3 Å². The quantitative estimate of drug-likeness (QED) is 0.773. The first-order valence-electron chi connectivity index (χ1n) is 7.89. The third kappa shape index (κ3) is 2.88. The molecular weight excluding hydrogens is 324 g/mol. The standard InChI is InChI=1S/C17H18N4O2S/c1-12(18-10-14-11-20-7-9-24-16(20)19-14)13-2-4-15(5-3-13)21-6-8-23-17(21)22/h2-5,7,9,11-12,18H,6,8,10H2,1H3/t12-/m0/s1. The highest BCUT2D eigenvalue weighted by Crippen LogP contribution is 2.22. The predicted octanol–water partition coefficient (Wildman–Crippen LogP) is 3.20. The molecule has 0 saturated carbocycles. The number of anilines is 1. The van der Waals surface area contributed by atoms with Crippen LogP contribution >= 0.6 is 11.3 Å². The number of hydrogen-bond acceptors (Lipinski definition) is 5. The Kier molecular flexibility index (Phi) is 3.95. The molecule has 2 aromatic heterocycles. The minimum atomic E-state index is -0.270. The second kappa shape index (κ2) is 6.26. The van der Waals surface area contributed by atoms with Crippen molar-refractivity contribution in [2.75, 3.05) is 18.1 Å². The molecule has 1 aromatic carbocycles. The predicted molar refractivity (Wildman–Crippen MR) is 93.5 cm³/mol. The van der Waals surface area contributed by atoms with Crippen LogP contribution in [-0.4, -0.2) is 28.6 Å². The number of hydrogen-bond donors (Lipinski definition) is 1. The number of benzene rings is 1. The summed E-state index contributed by atoms with van der Waals surface area (Å²) >= 11 is 1.63. The molecule has 1 fully saturated rings. The molecular formula is C17H18N4O2S. The summed E-state index contributed by atoms with van der Waals surface area (Å²) in [5.41, 5.74) is 3.08. The minimum absolute atomic E-state index is 0.198. The maximum absolute atomic E-state index is 11.6. The number of aromatic nitrogens is 2. The Morgan fingerprint density at radius 3 is 2.92 bits per heavy atom. The molecule has 7 heteroatoms. The Morgan fingerprint density at radius 2 is 2.21 bits per heavy atom. The van der Waals surface area contributed by atoms with Gasteiger partial charge < -0.3 is 10.1 Å². The molecule has 124 valence electrons. The van der Waals surface area contributed by atoms with Crippen LogP contribution in [0.1, 0.15) is 24.2 Å². The fourth-order valence-corrected chi connectivity index (χ4v) is 3.53. The maximum atomic E-state index is 11.6. The Labute approximate surface area is 143 Å². The number of amides is 1. The molecule has 6 nitrogen and oxygen atoms in total. The van der Waals surface area contributed by atoms with Gasteiger partial charge in [0.2, 0.25) is 0 Å². The Bertz CT molecular complexity index is 826. The number of fused-ring (bicyclic) bond motifs is 1. The number of rotatable bonds is 5. The largest absolute Gasteiger partial charge is 0.447 e. The Morgan fingerprint density at radius 1 is 1.38 bits per heavy atom. The van der Waals surface area contributed by atoms with Crippen molar-refractivity contribution in [1.82, 2.24) is 14.7 Å². The summed E-state index contributed by atoms with van der Waals surface area (Å²) in [6.45, 7) is 3.91. The molecule has 0 bridgehead atoms. The topological polar surface area (TPSA) is 58.9 Å². The molecule has 0 unspecified atom stereocenters. The van der Waals surface area contributed by atoms with Crippen LogP contribution in [0, 0.1) is 0 Å². The molecule has 24 heavy (non-hydrogen) atoms. The van der Waals surface area contributed by atoms with Gasteiger partial charge in [-0.2, -0.15) is 0 Å². The summed E-state index contributed by atoms with van der Waals surface area (Å²) in [6.07, 6.45) is 3.80. The van der Waals surface area contributed by atoms with E-state index >= 15 is 0 Å². The van der Waals surface area contributed by atoms with E-state index in [1.54, 1.807) is 16.2 Å². The summed E-state index contributed by atoms with van der Waals surface area (Å²) in [4.78, 5) is 18.8. The highest BCUT2D eigenvalue weighted by atomic mass is 32.1. The highest BCUT2D eigenvalue weighted by molar-refractivity contribution is 7.15. The van der Waals surface area contributed by atoms with Crippen molar-refractivity contribution < 1.29 is 9.53 Å². The number of ether oxygens (including phenoxy) is 1. The van der Waals surface area contributed by atoms with Crippen LogP contribution < -0.4 is 10.2 Å². The first kappa shape index (κ1) is 15.2. The van der Waals surface area contributed by atoms with Gasteiger partial charge in [-0.3, -0.25) is 9.30 Å². The zero-order valence-electron chi connectivity index (χ0n) is 13.3. The van der Waals surface area contributed by atoms with E-state index in [0.717, 1.165) is 22.9 Å². The van der Waals surface area contributed by atoms with Crippen molar-refractivity contribution in [3.8, 4) is 0 Å². The SMILES string of the molecule is C[C@H](NCc1cn2ccsc2n1)c1ccc(N2CCOC2=O)cc1. The molecule has 3 aromatic rings. The van der Waals surface area contributed by atoms with Crippen molar-refractivity contribution in [1.29, 1.82) is 0 Å². The smallest absolute Gasteiger partial charge is 0.414 e. The van der Waals surface area contributed by atoms with Gasteiger partial charge >= 0.3 is 6.09 Å². The van der Waals surface area contributed by atoms with Crippen LogP contribution in [0.3, 0.4) is 0 Å². The number of imidazole rings is 1. The monoisotopic (exact) mass is 342 g/mol. The van der Waals surface area contributed by atoms with Gasteiger partial charge in [-0.25, -0.2) is 9.78 Å². The van der Waals surface area contributed by atoms with Crippen molar-refractivity contribution in [2.24, 2.45) is 0 Å². The fourth-order valence-electron chi connectivity index (χ4n) is 2.81. The second-order valence-corrected chi connectivity index (χ2v) is 6.66. The van der Waals surface area contributed by atoms with Gasteiger partial charge in [-0.05, 0) is 24.6 Å². The lowest BCUT2D eigenvalue weighted by atomic mass is 10.1. The highest BCUT2D eigenvalue weighted by Gasteiger charge is 2.23. The summed E-state index contributed by atoms with van der Waals surface area (Å²) in [7, 11) is 0. The van der Waals surface area contributed by atoms with Crippen LogP contribution in [0.25, 0.3) is 4.96 Å². The molecule has 1 saturated heterocycles. The normalized spacial score (nSPS) is 15.9. The van der Waals surface area contributed by atoms with Gasteiger partial charge in [0.25, 0.3) is 0 Å². The molecule has 1 atom stereocenters. The summed E-state index contributed by atoms with van der Waals surface area (Å²) in [5, 5.41) is 5.51. The van der Waals surface area contributed by atoms with Gasteiger partial charge in [0.15, 0.2) is 4.96 Å². The van der Waals surface area contributed by atoms with Gasteiger partial charge in [0.1, 0.15) is 6.61 Å².